The minimum Gasteiger partial charge on any atom is -0.137 e. The lowest BCUT2D eigenvalue weighted by Crippen LogP contribution is -1.88. The Balaban J connectivity index is 2.14. The molecular weight excluding hydrogens is 198 g/mol. The van der Waals surface area contributed by atoms with Crippen molar-refractivity contribution in [1.29, 1.82) is 0 Å². The number of hydrogen-bond donors (Lipinski definition) is 0. The lowest BCUT2D eigenvalue weighted by Gasteiger charge is -1.98. The minimum absolute atomic E-state index is 0.187. The van der Waals surface area contributed by atoms with Gasteiger partial charge in [0.25, 0.3) is 0 Å². The molecule has 0 aliphatic heterocycles. The second-order valence-electron chi connectivity index (χ2n) is 2.48. The van der Waals surface area contributed by atoms with Crippen LogP contribution in [-0.2, 0) is 6.42 Å². The van der Waals surface area contributed by atoms with Crippen molar-refractivity contribution in [2.75, 3.05) is 0 Å². The summed E-state index contributed by atoms with van der Waals surface area (Å²) in [7, 11) is 0.898. The Kier molecular flexibility index (Phi) is 4.37. The molecule has 11 heavy (non-hydrogen) atoms. The smallest absolute Gasteiger partial charge is 0.107 e. The molecule has 0 nitrogen and oxygen atoms in total. The van der Waals surface area contributed by atoms with Crippen LogP contribution in [-0.4, -0.2) is 4.84 Å². The molecule has 0 spiro atoms. The molecule has 0 N–H and O–H groups in total. The van der Waals surface area contributed by atoms with Crippen LogP contribution in [0.2, 0.25) is 0 Å². The highest BCUT2D eigenvalue weighted by molar-refractivity contribution is 7.30. The van der Waals surface area contributed by atoms with Crippen molar-refractivity contribution in [2.24, 2.45) is 0 Å². The zero-order valence-electron chi connectivity index (χ0n) is 6.19. The molecule has 0 saturated carbocycles. The van der Waals surface area contributed by atoms with Gasteiger partial charge in [-0.2, -0.15) is 0 Å². The van der Waals surface area contributed by atoms with Crippen molar-refractivity contribution >= 4 is 31.4 Å². The van der Waals surface area contributed by atoms with Gasteiger partial charge >= 0.3 is 0 Å². The van der Waals surface area contributed by atoms with Crippen molar-refractivity contribution < 1.29 is 0 Å². The van der Waals surface area contributed by atoms with Gasteiger partial charge in [-0.1, -0.05) is 12.1 Å². The molecule has 0 radical (unpaired) electrons. The van der Waals surface area contributed by atoms with E-state index in [1.165, 1.54) is 5.30 Å². The lowest BCUT2D eigenvalue weighted by atomic mass is 10.2. The third-order valence-corrected chi connectivity index (χ3v) is 3.11. The molecule has 1 rings (SSSR count). The molecule has 0 aliphatic rings. The van der Waals surface area contributed by atoms with Crippen LogP contribution in [0.3, 0.4) is 0 Å². The summed E-state index contributed by atoms with van der Waals surface area (Å²) in [5, 5.41) is 1.53. The van der Waals surface area contributed by atoms with Crippen molar-refractivity contribution in [1.82, 2.24) is 0 Å². The molecule has 0 bridgehead atoms. The highest BCUT2D eigenvalue weighted by Gasteiger charge is 1.98. The van der Waals surface area contributed by atoms with Gasteiger partial charge in [-0.05, 0) is 30.4 Å². The second kappa shape index (κ2) is 5.09. The Morgan fingerprint density at radius 3 is 2.82 bits per heavy atom. The average Bonchev–Trinajstić information content (AvgIpc) is 2.39. The zero-order chi connectivity index (χ0) is 8.10. The lowest BCUT2D eigenvalue weighted by molar-refractivity contribution is 0.786. The molecule has 0 aliphatic carbocycles. The quantitative estimate of drug-likeness (QED) is 0.660. The van der Waals surface area contributed by atoms with E-state index < -0.39 is 0 Å². The van der Waals surface area contributed by atoms with E-state index in [9.17, 15) is 0 Å². The fourth-order valence-corrected chi connectivity index (χ4v) is 2.20. The summed E-state index contributed by atoms with van der Waals surface area (Å²) in [5.41, 5.74) is 0. The first-order chi connectivity index (χ1) is 5.29. The SMILES string of the molecule is ClC(Cl)CCCc1ccc[pH]1. The Morgan fingerprint density at radius 1 is 1.45 bits per heavy atom. The van der Waals surface area contributed by atoms with Crippen molar-refractivity contribution in [2.45, 2.75) is 24.1 Å². The van der Waals surface area contributed by atoms with Crippen LogP contribution >= 0.6 is 31.4 Å². The molecule has 1 atom stereocenters. The maximum absolute atomic E-state index is 5.60. The van der Waals surface area contributed by atoms with E-state index in [0.29, 0.717) is 0 Å². The average molecular weight is 209 g/mol. The topological polar surface area (TPSA) is 0 Å². The summed E-state index contributed by atoms with van der Waals surface area (Å²) in [6, 6.07) is 4.31. The summed E-state index contributed by atoms with van der Waals surface area (Å²) in [6.07, 6.45) is 3.17. The van der Waals surface area contributed by atoms with Crippen LogP contribution in [0.15, 0.2) is 17.9 Å². The van der Waals surface area contributed by atoms with Crippen molar-refractivity contribution in [3.05, 3.63) is 23.2 Å². The number of alkyl halides is 2. The molecule has 0 fully saturated rings. The molecule has 1 unspecified atom stereocenters. The van der Waals surface area contributed by atoms with Crippen LogP contribution in [0.4, 0.5) is 0 Å². The van der Waals surface area contributed by atoms with Crippen LogP contribution in [0.5, 0.6) is 0 Å². The van der Waals surface area contributed by atoms with E-state index in [0.717, 1.165) is 27.5 Å². The number of hydrogen-bond acceptors (Lipinski definition) is 0. The molecule has 3 heteroatoms. The summed E-state index contributed by atoms with van der Waals surface area (Å²) < 4.78 is 0. The van der Waals surface area contributed by atoms with Crippen LogP contribution in [0.1, 0.15) is 18.1 Å². The monoisotopic (exact) mass is 208 g/mol. The van der Waals surface area contributed by atoms with Crippen LogP contribution in [0, 0.1) is 0 Å². The van der Waals surface area contributed by atoms with E-state index in [1.54, 1.807) is 0 Å². The Bertz CT molecular complexity index is 182. The molecule has 1 aromatic heterocycles. The van der Waals surface area contributed by atoms with E-state index in [4.69, 9.17) is 23.2 Å². The number of aryl methyl sites for hydroxylation is 1. The van der Waals surface area contributed by atoms with Gasteiger partial charge in [0.2, 0.25) is 0 Å². The summed E-state index contributed by atoms with van der Waals surface area (Å²) in [6.45, 7) is 0. The van der Waals surface area contributed by atoms with Gasteiger partial charge in [0.1, 0.15) is 4.84 Å². The summed E-state index contributed by atoms with van der Waals surface area (Å²) in [4.78, 5) is -0.187. The van der Waals surface area contributed by atoms with Crippen molar-refractivity contribution in [3.8, 4) is 0 Å². The third-order valence-electron chi connectivity index (χ3n) is 1.53. The summed E-state index contributed by atoms with van der Waals surface area (Å²) >= 11 is 11.2. The number of halogens is 2. The zero-order valence-corrected chi connectivity index (χ0v) is 8.70. The molecule has 1 heterocycles. The van der Waals surface area contributed by atoms with Gasteiger partial charge in [-0.15, -0.1) is 31.4 Å². The van der Waals surface area contributed by atoms with Gasteiger partial charge in [-0.25, -0.2) is 0 Å². The van der Waals surface area contributed by atoms with Gasteiger partial charge in [0.15, 0.2) is 0 Å². The Hall–Kier alpha value is 0.360. The number of rotatable bonds is 4. The van der Waals surface area contributed by atoms with Crippen LogP contribution < -0.4 is 0 Å². The van der Waals surface area contributed by atoms with E-state index in [2.05, 4.69) is 17.9 Å². The van der Waals surface area contributed by atoms with Gasteiger partial charge in [0.05, 0.1) is 0 Å². The fourth-order valence-electron chi connectivity index (χ4n) is 0.970. The molecule has 0 amide bonds. The van der Waals surface area contributed by atoms with Crippen molar-refractivity contribution in [3.63, 3.8) is 0 Å². The Labute approximate surface area is 79.0 Å². The first-order valence-corrected chi connectivity index (χ1v) is 5.64. The standard InChI is InChI=1S/C8H11Cl2P/c9-8(10)5-1-3-7-4-2-6-11-7/h2,4,6,8,11H,1,3,5H2. The molecule has 1 aromatic rings. The van der Waals surface area contributed by atoms with E-state index in [-0.39, 0.29) is 4.84 Å². The maximum atomic E-state index is 5.60. The predicted molar refractivity (Wildman–Crippen MR) is 54.4 cm³/mol. The minimum atomic E-state index is -0.187. The molecule has 62 valence electrons. The maximum Gasteiger partial charge on any atom is 0.107 e. The van der Waals surface area contributed by atoms with Gasteiger partial charge in [0, 0.05) is 0 Å². The highest BCUT2D eigenvalue weighted by atomic mass is 35.5. The first-order valence-electron chi connectivity index (χ1n) is 3.69. The molecule has 0 saturated heterocycles. The fraction of sp³-hybridized carbons (Fsp3) is 0.500. The molecule has 0 aromatic carbocycles. The second-order valence-corrected chi connectivity index (χ2v) is 5.02. The Morgan fingerprint density at radius 2 is 2.27 bits per heavy atom. The third kappa shape index (κ3) is 4.06. The van der Waals surface area contributed by atoms with Gasteiger partial charge < -0.3 is 0 Å². The normalized spacial score (nSPS) is 11.5. The molecular formula is C8H11Cl2P. The van der Waals surface area contributed by atoms with E-state index >= 15 is 0 Å². The van der Waals surface area contributed by atoms with E-state index in [1.807, 2.05) is 0 Å². The largest absolute Gasteiger partial charge is 0.137 e. The highest BCUT2D eigenvalue weighted by Crippen LogP contribution is 2.19. The summed E-state index contributed by atoms with van der Waals surface area (Å²) in [5.74, 6) is 2.20. The first kappa shape index (κ1) is 9.45. The predicted octanol–water partition coefficient (Wildman–Crippen LogP) is 3.84. The van der Waals surface area contributed by atoms with Crippen LogP contribution in [0.25, 0.3) is 0 Å². The van der Waals surface area contributed by atoms with Gasteiger partial charge in [-0.3, -0.25) is 0 Å².